The predicted octanol–water partition coefficient (Wildman–Crippen LogP) is -0.438. The van der Waals surface area contributed by atoms with Gasteiger partial charge in [0, 0.05) is 29.8 Å². The van der Waals surface area contributed by atoms with Crippen molar-refractivity contribution in [3.8, 4) is 0 Å². The molecule has 0 atom stereocenters. The maximum atomic E-state index is 8.97. The van der Waals surface area contributed by atoms with Crippen molar-refractivity contribution in [2.24, 2.45) is 7.05 Å². The van der Waals surface area contributed by atoms with Crippen molar-refractivity contribution >= 4 is 23.6 Å². The van der Waals surface area contributed by atoms with Crippen LogP contribution >= 0.6 is 0 Å². The molecule has 5 heteroatoms. The average Bonchev–Trinajstić information content (AvgIpc) is 2.42. The Labute approximate surface area is 82.0 Å². The highest BCUT2D eigenvalue weighted by atomic mass is 16.4. The summed E-state index contributed by atoms with van der Waals surface area (Å²) in [7, 11) is 0.479. The van der Waals surface area contributed by atoms with E-state index < -0.39 is 7.12 Å². The van der Waals surface area contributed by atoms with Gasteiger partial charge in [0.1, 0.15) is 5.65 Å². The third kappa shape index (κ3) is 1.30. The molecule has 0 saturated heterocycles. The standard InChI is InChI=1S/C9H11BN2O2/c1-6-3-7-4-8(10(13)14)5-11-9(7)12(6)2/h3-5,13-14H,1-2H3. The van der Waals surface area contributed by atoms with Crippen LogP contribution in [0, 0.1) is 6.92 Å². The Balaban J connectivity index is 2.67. The zero-order valence-corrected chi connectivity index (χ0v) is 8.10. The van der Waals surface area contributed by atoms with E-state index in [0.29, 0.717) is 5.46 Å². The van der Waals surface area contributed by atoms with Crippen LogP contribution in [-0.4, -0.2) is 26.7 Å². The average molecular weight is 190 g/mol. The minimum Gasteiger partial charge on any atom is -0.423 e. The van der Waals surface area contributed by atoms with Crippen molar-refractivity contribution in [3.05, 3.63) is 24.0 Å². The van der Waals surface area contributed by atoms with Crippen LogP contribution in [0.5, 0.6) is 0 Å². The first-order valence-corrected chi connectivity index (χ1v) is 4.37. The maximum absolute atomic E-state index is 8.97. The summed E-state index contributed by atoms with van der Waals surface area (Å²) in [6, 6.07) is 3.70. The van der Waals surface area contributed by atoms with Gasteiger partial charge >= 0.3 is 7.12 Å². The molecule has 0 aliphatic rings. The molecule has 0 saturated carbocycles. The minimum atomic E-state index is -1.45. The second kappa shape index (κ2) is 3.11. The molecule has 2 aromatic rings. The normalized spacial score (nSPS) is 10.9. The smallest absolute Gasteiger partial charge is 0.423 e. The Hall–Kier alpha value is -1.33. The van der Waals surface area contributed by atoms with Crippen LogP contribution in [-0.2, 0) is 7.05 Å². The van der Waals surface area contributed by atoms with Gasteiger partial charge in [-0.15, -0.1) is 0 Å². The summed E-state index contributed by atoms with van der Waals surface area (Å²) in [5, 5.41) is 18.9. The quantitative estimate of drug-likeness (QED) is 0.599. The van der Waals surface area contributed by atoms with E-state index in [1.807, 2.05) is 24.6 Å². The molecule has 4 nitrogen and oxygen atoms in total. The van der Waals surface area contributed by atoms with E-state index in [2.05, 4.69) is 4.98 Å². The molecule has 2 heterocycles. The van der Waals surface area contributed by atoms with Gasteiger partial charge in [0.2, 0.25) is 0 Å². The lowest BCUT2D eigenvalue weighted by molar-refractivity contribution is 0.425. The highest BCUT2D eigenvalue weighted by Gasteiger charge is 2.13. The van der Waals surface area contributed by atoms with E-state index >= 15 is 0 Å². The zero-order valence-electron chi connectivity index (χ0n) is 8.10. The van der Waals surface area contributed by atoms with Crippen LogP contribution < -0.4 is 5.46 Å². The van der Waals surface area contributed by atoms with E-state index in [4.69, 9.17) is 10.0 Å². The minimum absolute atomic E-state index is 0.420. The van der Waals surface area contributed by atoms with Gasteiger partial charge in [0.05, 0.1) is 0 Å². The first-order chi connectivity index (χ1) is 6.59. The van der Waals surface area contributed by atoms with Crippen molar-refractivity contribution in [1.82, 2.24) is 9.55 Å². The largest absolute Gasteiger partial charge is 0.490 e. The van der Waals surface area contributed by atoms with Gasteiger partial charge in [-0.25, -0.2) is 4.98 Å². The number of aryl methyl sites for hydroxylation is 2. The molecule has 72 valence electrons. The first kappa shape index (κ1) is 9.24. The van der Waals surface area contributed by atoms with Gasteiger partial charge in [-0.1, -0.05) is 0 Å². The van der Waals surface area contributed by atoms with Crippen LogP contribution in [0.2, 0.25) is 0 Å². The highest BCUT2D eigenvalue weighted by Crippen LogP contribution is 2.13. The Bertz CT molecular complexity index is 479. The van der Waals surface area contributed by atoms with Gasteiger partial charge in [0.15, 0.2) is 0 Å². The first-order valence-electron chi connectivity index (χ1n) is 4.37. The molecule has 0 aliphatic carbocycles. The topological polar surface area (TPSA) is 58.3 Å². The molecule has 2 rings (SSSR count). The van der Waals surface area contributed by atoms with E-state index in [9.17, 15) is 0 Å². The van der Waals surface area contributed by atoms with Crippen molar-refractivity contribution in [2.45, 2.75) is 6.92 Å². The molecule has 0 aromatic carbocycles. The van der Waals surface area contributed by atoms with Crippen molar-refractivity contribution < 1.29 is 10.0 Å². The maximum Gasteiger partial charge on any atom is 0.490 e. The van der Waals surface area contributed by atoms with Crippen molar-refractivity contribution in [1.29, 1.82) is 0 Å². The third-order valence-corrected chi connectivity index (χ3v) is 2.43. The molecule has 0 aliphatic heterocycles. The molecule has 0 bridgehead atoms. The highest BCUT2D eigenvalue weighted by molar-refractivity contribution is 6.58. The summed E-state index contributed by atoms with van der Waals surface area (Å²) in [6.45, 7) is 1.98. The van der Waals surface area contributed by atoms with E-state index in [1.54, 1.807) is 6.07 Å². The number of hydrogen-bond donors (Lipinski definition) is 2. The second-order valence-electron chi connectivity index (χ2n) is 3.40. The van der Waals surface area contributed by atoms with Crippen molar-refractivity contribution in [2.75, 3.05) is 0 Å². The molecule has 0 amide bonds. The summed E-state index contributed by atoms with van der Waals surface area (Å²) in [5.74, 6) is 0. The number of pyridine rings is 1. The summed E-state index contributed by atoms with van der Waals surface area (Å²) < 4.78 is 1.96. The Morgan fingerprint density at radius 1 is 1.36 bits per heavy atom. The fourth-order valence-corrected chi connectivity index (χ4v) is 1.51. The van der Waals surface area contributed by atoms with Crippen LogP contribution in [0.15, 0.2) is 18.3 Å². The fourth-order valence-electron chi connectivity index (χ4n) is 1.51. The molecule has 0 unspecified atom stereocenters. The molecule has 0 radical (unpaired) electrons. The predicted molar refractivity (Wildman–Crippen MR) is 55.3 cm³/mol. The SMILES string of the molecule is Cc1cc2cc(B(O)O)cnc2n1C. The molecule has 0 fully saturated rings. The molecule has 0 spiro atoms. The molecule has 2 aromatic heterocycles. The number of hydrogen-bond acceptors (Lipinski definition) is 3. The van der Waals surface area contributed by atoms with Crippen LogP contribution in [0.4, 0.5) is 0 Å². The van der Waals surface area contributed by atoms with Crippen LogP contribution in [0.1, 0.15) is 5.69 Å². The molecule has 14 heavy (non-hydrogen) atoms. The summed E-state index contributed by atoms with van der Waals surface area (Å²) in [5.41, 5.74) is 2.37. The Morgan fingerprint density at radius 2 is 2.07 bits per heavy atom. The third-order valence-electron chi connectivity index (χ3n) is 2.43. The summed E-state index contributed by atoms with van der Waals surface area (Å²) >= 11 is 0. The van der Waals surface area contributed by atoms with Crippen LogP contribution in [0.3, 0.4) is 0 Å². The summed E-state index contributed by atoms with van der Waals surface area (Å²) in [4.78, 5) is 4.17. The van der Waals surface area contributed by atoms with E-state index in [-0.39, 0.29) is 0 Å². The number of fused-ring (bicyclic) bond motifs is 1. The van der Waals surface area contributed by atoms with Gasteiger partial charge in [-0.3, -0.25) is 0 Å². The number of nitrogens with zero attached hydrogens (tertiary/aromatic N) is 2. The zero-order chi connectivity index (χ0) is 10.3. The number of aromatic nitrogens is 2. The van der Waals surface area contributed by atoms with Crippen LogP contribution in [0.25, 0.3) is 11.0 Å². The molecule has 2 N–H and O–H groups in total. The van der Waals surface area contributed by atoms with Gasteiger partial charge in [-0.2, -0.15) is 0 Å². The number of rotatable bonds is 1. The second-order valence-corrected chi connectivity index (χ2v) is 3.40. The lowest BCUT2D eigenvalue weighted by Gasteiger charge is -2.00. The van der Waals surface area contributed by atoms with Gasteiger partial charge in [0.25, 0.3) is 0 Å². The Morgan fingerprint density at radius 3 is 2.71 bits per heavy atom. The van der Waals surface area contributed by atoms with E-state index in [1.165, 1.54) is 6.20 Å². The fraction of sp³-hybridized carbons (Fsp3) is 0.222. The lowest BCUT2D eigenvalue weighted by Crippen LogP contribution is -2.29. The summed E-state index contributed by atoms with van der Waals surface area (Å²) in [6.07, 6.45) is 1.48. The van der Waals surface area contributed by atoms with Crippen molar-refractivity contribution in [3.63, 3.8) is 0 Å². The lowest BCUT2D eigenvalue weighted by atomic mass is 9.81. The molecular weight excluding hydrogens is 179 g/mol. The van der Waals surface area contributed by atoms with Gasteiger partial charge < -0.3 is 14.6 Å². The molecular formula is C9H11BN2O2. The van der Waals surface area contributed by atoms with Gasteiger partial charge in [-0.05, 0) is 19.1 Å². The monoisotopic (exact) mass is 190 g/mol. The Kier molecular flexibility index (Phi) is 2.05. The van der Waals surface area contributed by atoms with E-state index in [0.717, 1.165) is 16.7 Å².